The molecule has 0 aliphatic rings. The van der Waals surface area contributed by atoms with Gasteiger partial charge in [-0.25, -0.2) is 4.98 Å². The number of nitrogens with zero attached hydrogens (tertiary/aromatic N) is 2. The highest BCUT2D eigenvalue weighted by Gasteiger charge is 2.09. The van der Waals surface area contributed by atoms with Crippen LogP contribution in [0.4, 0.5) is 5.95 Å². The summed E-state index contributed by atoms with van der Waals surface area (Å²) in [6.07, 6.45) is 2.18. The molecule has 2 rings (SSSR count). The van der Waals surface area contributed by atoms with Crippen molar-refractivity contribution in [2.45, 2.75) is 26.3 Å². The lowest BCUT2D eigenvalue weighted by Gasteiger charge is -2.11. The Morgan fingerprint density at radius 3 is 3.10 bits per heavy atom. The molecule has 20 heavy (non-hydrogen) atoms. The molecule has 1 atom stereocenters. The van der Waals surface area contributed by atoms with Crippen molar-refractivity contribution in [2.24, 2.45) is 5.92 Å². The molecular formula is C13H17BrIN3OS. The Morgan fingerprint density at radius 1 is 1.55 bits per heavy atom. The fraction of sp³-hybridized carbons (Fsp3) is 0.462. The zero-order valence-electron chi connectivity index (χ0n) is 11.2. The van der Waals surface area contributed by atoms with Crippen LogP contribution in [0.2, 0.25) is 0 Å². The number of aryl methyl sites for hydroxylation is 1. The molecule has 0 amide bonds. The summed E-state index contributed by atoms with van der Waals surface area (Å²) in [6, 6.07) is 6.04. The number of fused-ring (bicyclic) bond motifs is 1. The minimum absolute atomic E-state index is 0.556. The summed E-state index contributed by atoms with van der Waals surface area (Å²) in [6.45, 7) is 3.89. The Kier molecular flexibility index (Phi) is 6.44. The second-order valence-corrected chi connectivity index (χ2v) is 7.21. The van der Waals surface area contributed by atoms with Gasteiger partial charge in [0.25, 0.3) is 0 Å². The summed E-state index contributed by atoms with van der Waals surface area (Å²) < 4.78 is 8.48. The van der Waals surface area contributed by atoms with Crippen LogP contribution in [-0.4, -0.2) is 16.2 Å². The largest absolute Gasteiger partial charge is 0.369 e. The van der Waals surface area contributed by atoms with E-state index in [4.69, 9.17) is 9.92 Å². The zero-order chi connectivity index (χ0) is 14.5. The molecule has 110 valence electrons. The van der Waals surface area contributed by atoms with E-state index in [-0.39, 0.29) is 0 Å². The summed E-state index contributed by atoms with van der Waals surface area (Å²) in [7, 11) is 1.40. The molecule has 4 nitrogen and oxygen atoms in total. The van der Waals surface area contributed by atoms with Crippen LogP contribution in [0.1, 0.15) is 19.8 Å². The van der Waals surface area contributed by atoms with Gasteiger partial charge in [-0.3, -0.25) is 0 Å². The maximum Gasteiger partial charge on any atom is 0.201 e. The molecule has 1 unspecified atom stereocenters. The van der Waals surface area contributed by atoms with E-state index in [9.17, 15) is 0 Å². The molecule has 0 aliphatic carbocycles. The lowest BCUT2D eigenvalue weighted by molar-refractivity contribution is 0.289. The van der Waals surface area contributed by atoms with Crippen molar-refractivity contribution in [3.05, 3.63) is 22.7 Å². The second kappa shape index (κ2) is 7.86. The first kappa shape index (κ1) is 16.4. The lowest BCUT2D eigenvalue weighted by Crippen LogP contribution is -2.07. The fourth-order valence-electron chi connectivity index (χ4n) is 2.17. The Bertz CT molecular complexity index is 578. The van der Waals surface area contributed by atoms with Crippen LogP contribution in [0.25, 0.3) is 11.0 Å². The van der Waals surface area contributed by atoms with Crippen LogP contribution in [-0.2, 0) is 10.7 Å². The van der Waals surface area contributed by atoms with E-state index in [1.54, 1.807) is 0 Å². The molecule has 2 N–H and O–H groups in total. The maximum absolute atomic E-state index is 6.01. The smallest absolute Gasteiger partial charge is 0.201 e. The fourth-order valence-corrected chi connectivity index (χ4v) is 3.25. The van der Waals surface area contributed by atoms with Gasteiger partial charge in [0.15, 0.2) is 0 Å². The van der Waals surface area contributed by atoms with Crippen LogP contribution >= 0.6 is 46.3 Å². The first-order chi connectivity index (χ1) is 9.61. The molecule has 2 aromatic rings. The first-order valence-electron chi connectivity index (χ1n) is 6.43. The van der Waals surface area contributed by atoms with Crippen molar-refractivity contribution in [1.82, 2.24) is 9.55 Å². The van der Waals surface area contributed by atoms with Gasteiger partial charge in [0.2, 0.25) is 5.95 Å². The van der Waals surface area contributed by atoms with E-state index in [2.05, 4.69) is 59.7 Å². The number of rotatable bonds is 7. The van der Waals surface area contributed by atoms with E-state index in [0.717, 1.165) is 41.5 Å². The van der Waals surface area contributed by atoms with Crippen LogP contribution in [0.3, 0.4) is 0 Å². The summed E-state index contributed by atoms with van der Waals surface area (Å²) in [5, 5.41) is 0. The maximum atomic E-state index is 6.01. The van der Waals surface area contributed by atoms with E-state index in [1.807, 2.05) is 12.1 Å². The second-order valence-electron chi connectivity index (χ2n) is 4.85. The third kappa shape index (κ3) is 4.25. The van der Waals surface area contributed by atoms with Gasteiger partial charge in [-0.1, -0.05) is 22.9 Å². The number of aromatic nitrogens is 2. The minimum Gasteiger partial charge on any atom is -0.369 e. The van der Waals surface area contributed by atoms with Gasteiger partial charge < -0.3 is 14.5 Å². The monoisotopic (exact) mass is 469 g/mol. The Labute approximate surface area is 143 Å². The molecule has 0 saturated heterocycles. The molecule has 7 heteroatoms. The zero-order valence-corrected chi connectivity index (χ0v) is 15.7. The molecule has 1 heterocycles. The van der Waals surface area contributed by atoms with Crippen molar-refractivity contribution in [2.75, 3.05) is 12.3 Å². The van der Waals surface area contributed by atoms with Crippen molar-refractivity contribution < 1.29 is 4.18 Å². The average Bonchev–Trinajstić information content (AvgIpc) is 2.72. The lowest BCUT2D eigenvalue weighted by atomic mass is 10.1. The van der Waals surface area contributed by atoms with E-state index >= 15 is 0 Å². The van der Waals surface area contributed by atoms with Gasteiger partial charge in [0.1, 0.15) is 0 Å². The highest BCUT2D eigenvalue weighted by atomic mass is 127. The predicted molar refractivity (Wildman–Crippen MR) is 97.8 cm³/mol. The number of hydrogen-bond donors (Lipinski definition) is 1. The molecule has 1 aromatic heterocycles. The standard InChI is InChI=1S/C13H17BrIN3OS/c1-9(8-19-20-15)3-2-6-18-12-7-10(14)4-5-11(12)17-13(18)16/h4-5,7,9H,2-3,6,8H2,1H3,(H2,16,17). The normalized spacial score (nSPS) is 12.9. The van der Waals surface area contributed by atoms with Gasteiger partial charge in [-0.05, 0) is 37.0 Å². The Morgan fingerprint density at radius 2 is 2.35 bits per heavy atom. The van der Waals surface area contributed by atoms with Gasteiger partial charge >= 0.3 is 0 Å². The summed E-state index contributed by atoms with van der Waals surface area (Å²) in [4.78, 5) is 4.39. The third-order valence-electron chi connectivity index (χ3n) is 3.22. The number of anilines is 1. The molecule has 0 bridgehead atoms. The predicted octanol–water partition coefficient (Wildman–Crippen LogP) is 4.81. The molecule has 0 aliphatic heterocycles. The molecule has 0 saturated carbocycles. The van der Waals surface area contributed by atoms with Gasteiger partial charge in [0.05, 0.1) is 26.9 Å². The highest BCUT2D eigenvalue weighted by molar-refractivity contribution is 14.2. The van der Waals surface area contributed by atoms with Crippen molar-refractivity contribution in [3.63, 3.8) is 0 Å². The van der Waals surface area contributed by atoms with Crippen LogP contribution < -0.4 is 5.73 Å². The molecule has 0 radical (unpaired) electrons. The first-order valence-corrected chi connectivity index (χ1v) is 10.5. The molecule has 0 fully saturated rings. The summed E-state index contributed by atoms with van der Waals surface area (Å²) in [5.41, 5.74) is 8.04. The minimum atomic E-state index is 0.556. The van der Waals surface area contributed by atoms with Crippen molar-refractivity contribution in [1.29, 1.82) is 0 Å². The van der Waals surface area contributed by atoms with E-state index < -0.39 is 0 Å². The number of halogens is 2. The van der Waals surface area contributed by atoms with E-state index in [1.165, 1.54) is 9.21 Å². The van der Waals surface area contributed by atoms with Gasteiger partial charge in [-0.15, -0.1) is 0 Å². The average molecular weight is 470 g/mol. The Hall–Kier alpha value is 0.01000. The SMILES string of the molecule is CC(CCCn1c(N)nc2ccc(Br)cc21)COSI. The number of hydrogen-bond acceptors (Lipinski definition) is 4. The van der Waals surface area contributed by atoms with Crippen LogP contribution in [0, 0.1) is 5.92 Å². The number of benzene rings is 1. The highest BCUT2D eigenvalue weighted by Crippen LogP contribution is 2.23. The van der Waals surface area contributed by atoms with Crippen LogP contribution in [0.5, 0.6) is 0 Å². The van der Waals surface area contributed by atoms with Crippen molar-refractivity contribution in [3.8, 4) is 0 Å². The van der Waals surface area contributed by atoms with Gasteiger partial charge in [-0.2, -0.15) is 0 Å². The van der Waals surface area contributed by atoms with Crippen LogP contribution in [0.15, 0.2) is 22.7 Å². The van der Waals surface area contributed by atoms with Gasteiger partial charge in [0, 0.05) is 32.2 Å². The molecule has 0 spiro atoms. The summed E-state index contributed by atoms with van der Waals surface area (Å²) >= 11 is 5.64. The number of nitrogens with two attached hydrogens (primary N) is 1. The molecule has 1 aromatic carbocycles. The topological polar surface area (TPSA) is 53.1 Å². The number of imidazole rings is 1. The van der Waals surface area contributed by atoms with Crippen molar-refractivity contribution >= 4 is 63.3 Å². The number of nitrogen functional groups attached to an aromatic ring is 1. The Balaban J connectivity index is 1.99. The quantitative estimate of drug-likeness (QED) is 0.466. The molecular weight excluding hydrogens is 453 g/mol. The van der Waals surface area contributed by atoms with E-state index in [0.29, 0.717) is 11.9 Å². The third-order valence-corrected chi connectivity index (χ3v) is 4.70. The summed E-state index contributed by atoms with van der Waals surface area (Å²) in [5.74, 6) is 1.14.